The van der Waals surface area contributed by atoms with Crippen molar-refractivity contribution in [1.82, 2.24) is 0 Å². The summed E-state index contributed by atoms with van der Waals surface area (Å²) in [5.74, 6) is 0. The van der Waals surface area contributed by atoms with Gasteiger partial charge in [-0.25, -0.2) is 0 Å². The number of nitrogens with two attached hydrogens (primary N) is 1. The van der Waals surface area contributed by atoms with E-state index in [1.54, 1.807) is 0 Å². The van der Waals surface area contributed by atoms with Gasteiger partial charge in [0.15, 0.2) is 6.04 Å². The van der Waals surface area contributed by atoms with E-state index in [0.717, 1.165) is 19.6 Å². The third-order valence-electron chi connectivity index (χ3n) is 1.17. The van der Waals surface area contributed by atoms with Crippen LogP contribution < -0.4 is 54.0 Å². The zero-order valence-electron chi connectivity index (χ0n) is 6.98. The van der Waals surface area contributed by atoms with Crippen molar-refractivity contribution in [2.75, 3.05) is 26.2 Å². The SMILES string of the molecule is [Cl-].[Cl-].[Cl-].[NH3+]CC[NH2+]C[C@@H]([NH3+])CO. The van der Waals surface area contributed by atoms with Crippen LogP contribution in [0.4, 0.5) is 0 Å². The summed E-state index contributed by atoms with van der Waals surface area (Å²) in [5, 5.41) is 10.7. The summed E-state index contributed by atoms with van der Waals surface area (Å²) in [4.78, 5) is 0. The predicted octanol–water partition coefficient (Wildman–Crippen LogP) is -13.6. The van der Waals surface area contributed by atoms with Crippen molar-refractivity contribution in [1.29, 1.82) is 0 Å². The van der Waals surface area contributed by atoms with E-state index < -0.39 is 0 Å². The van der Waals surface area contributed by atoms with Crippen LogP contribution in [0, 0.1) is 0 Å². The molecule has 80 valence electrons. The molecular formula is C5H18Cl3N3O. The van der Waals surface area contributed by atoms with Gasteiger partial charge in [-0.2, -0.15) is 0 Å². The lowest BCUT2D eigenvalue weighted by atomic mass is 10.3. The zero-order valence-corrected chi connectivity index (χ0v) is 9.25. The van der Waals surface area contributed by atoms with Crippen molar-refractivity contribution in [3.63, 3.8) is 0 Å². The molecule has 0 rings (SSSR count). The highest BCUT2D eigenvalue weighted by Gasteiger charge is 2.04. The lowest BCUT2D eigenvalue weighted by Gasteiger charge is -2.00. The van der Waals surface area contributed by atoms with Crippen LogP contribution in [0.3, 0.4) is 0 Å². The van der Waals surface area contributed by atoms with Gasteiger partial charge in [0.2, 0.25) is 0 Å². The Morgan fingerprint density at radius 2 is 1.75 bits per heavy atom. The average Bonchev–Trinajstić information content (AvgIpc) is 1.89. The van der Waals surface area contributed by atoms with Crippen molar-refractivity contribution in [3.05, 3.63) is 0 Å². The van der Waals surface area contributed by atoms with Crippen LogP contribution in [-0.2, 0) is 0 Å². The van der Waals surface area contributed by atoms with E-state index in [0.29, 0.717) is 0 Å². The monoisotopic (exact) mass is 241 g/mol. The number of halogens is 3. The summed E-state index contributed by atoms with van der Waals surface area (Å²) in [7, 11) is 0. The maximum atomic E-state index is 8.54. The van der Waals surface area contributed by atoms with E-state index in [4.69, 9.17) is 5.11 Å². The summed E-state index contributed by atoms with van der Waals surface area (Å²) in [5.41, 5.74) is 7.42. The quantitative estimate of drug-likeness (QED) is 0.354. The average molecular weight is 243 g/mol. The maximum Gasteiger partial charge on any atom is 0.157 e. The molecule has 0 unspecified atom stereocenters. The summed E-state index contributed by atoms with van der Waals surface area (Å²) >= 11 is 0. The third kappa shape index (κ3) is 17.0. The smallest absolute Gasteiger partial charge is 0.157 e. The standard InChI is InChI=1S/C5H15N3O.3ClH/c6-1-2-8-3-5(7)4-9;;;/h5,8-9H,1-4,6-7H2;3*1H/t5-;;;/m1.../s1. The van der Waals surface area contributed by atoms with Crippen LogP contribution in [-0.4, -0.2) is 37.4 Å². The molecule has 0 aromatic heterocycles. The van der Waals surface area contributed by atoms with Gasteiger partial charge in [-0.15, -0.1) is 0 Å². The highest BCUT2D eigenvalue weighted by molar-refractivity contribution is 4.42. The summed E-state index contributed by atoms with van der Waals surface area (Å²) in [6.45, 7) is 3.07. The second kappa shape index (κ2) is 17.7. The highest BCUT2D eigenvalue weighted by atomic mass is 35.5. The van der Waals surface area contributed by atoms with Gasteiger partial charge in [0, 0.05) is 0 Å². The molecule has 0 spiro atoms. The zero-order chi connectivity index (χ0) is 7.11. The molecule has 0 aromatic carbocycles. The molecule has 0 amide bonds. The van der Waals surface area contributed by atoms with E-state index in [9.17, 15) is 0 Å². The van der Waals surface area contributed by atoms with Crippen LogP contribution in [0.25, 0.3) is 0 Å². The van der Waals surface area contributed by atoms with Gasteiger partial charge in [0.05, 0.1) is 0 Å². The number of aliphatic hydroxyl groups is 1. The maximum absolute atomic E-state index is 8.54. The minimum absolute atomic E-state index is 0. The number of aliphatic hydroxyl groups excluding tert-OH is 1. The second-order valence-corrected chi connectivity index (χ2v) is 2.22. The lowest BCUT2D eigenvalue weighted by Crippen LogP contribution is -3.00. The van der Waals surface area contributed by atoms with Gasteiger partial charge >= 0.3 is 0 Å². The second-order valence-electron chi connectivity index (χ2n) is 2.22. The fourth-order valence-electron chi connectivity index (χ4n) is 0.572. The van der Waals surface area contributed by atoms with Crippen molar-refractivity contribution in [3.8, 4) is 0 Å². The molecule has 0 radical (unpaired) electrons. The minimum atomic E-state index is 0. The molecule has 0 saturated heterocycles. The molecule has 0 fully saturated rings. The predicted molar refractivity (Wildman–Crippen MR) is 33.2 cm³/mol. The lowest BCUT2D eigenvalue weighted by molar-refractivity contribution is -0.693. The Morgan fingerprint density at radius 1 is 1.25 bits per heavy atom. The van der Waals surface area contributed by atoms with Crippen LogP contribution in [0.5, 0.6) is 0 Å². The Morgan fingerprint density at radius 3 is 2.08 bits per heavy atom. The molecule has 12 heavy (non-hydrogen) atoms. The first-order chi connectivity index (χ1) is 4.31. The van der Waals surface area contributed by atoms with Crippen molar-refractivity contribution >= 4 is 0 Å². The number of hydrogen-bond donors (Lipinski definition) is 4. The Labute approximate surface area is 91.7 Å². The molecule has 1 atom stereocenters. The van der Waals surface area contributed by atoms with Crippen LogP contribution in [0.2, 0.25) is 0 Å². The Bertz CT molecular complexity index is 69.9. The Hall–Kier alpha value is 0.710. The third-order valence-corrected chi connectivity index (χ3v) is 1.17. The van der Waals surface area contributed by atoms with E-state index in [-0.39, 0.29) is 49.9 Å². The van der Waals surface area contributed by atoms with E-state index in [1.165, 1.54) is 0 Å². The molecule has 9 N–H and O–H groups in total. The number of hydrogen-bond acceptors (Lipinski definition) is 1. The van der Waals surface area contributed by atoms with Gasteiger partial charge in [0.1, 0.15) is 26.2 Å². The largest absolute Gasteiger partial charge is 1.00 e. The van der Waals surface area contributed by atoms with Crippen molar-refractivity contribution in [2.45, 2.75) is 6.04 Å². The number of rotatable bonds is 5. The van der Waals surface area contributed by atoms with Crippen molar-refractivity contribution in [2.24, 2.45) is 0 Å². The van der Waals surface area contributed by atoms with E-state index >= 15 is 0 Å². The topological polar surface area (TPSA) is 92.1 Å². The molecule has 4 nitrogen and oxygen atoms in total. The normalized spacial score (nSPS) is 10.2. The first-order valence-electron chi connectivity index (χ1n) is 3.36. The summed E-state index contributed by atoms with van der Waals surface area (Å²) in [6.07, 6.45) is 0. The molecule has 0 heterocycles. The van der Waals surface area contributed by atoms with E-state index in [1.807, 2.05) is 0 Å². The minimum Gasteiger partial charge on any atom is -1.00 e. The fourth-order valence-corrected chi connectivity index (χ4v) is 0.572. The Kier molecular flexibility index (Phi) is 33.9. The molecule has 0 aliphatic carbocycles. The van der Waals surface area contributed by atoms with Crippen LogP contribution in [0.1, 0.15) is 0 Å². The molecule has 0 aliphatic heterocycles. The molecule has 0 saturated carbocycles. The first-order valence-corrected chi connectivity index (χ1v) is 3.36. The van der Waals surface area contributed by atoms with Gasteiger partial charge in [-0.05, 0) is 0 Å². The molecular weight excluding hydrogens is 224 g/mol. The van der Waals surface area contributed by atoms with Crippen molar-refractivity contribution < 1.29 is 59.1 Å². The Balaban J connectivity index is -0.000000107. The fraction of sp³-hybridized carbons (Fsp3) is 1.00. The highest BCUT2D eigenvalue weighted by Crippen LogP contribution is 1.59. The van der Waals surface area contributed by atoms with Crippen LogP contribution in [0.15, 0.2) is 0 Å². The molecule has 0 aromatic rings. The van der Waals surface area contributed by atoms with Gasteiger partial charge < -0.3 is 59.1 Å². The van der Waals surface area contributed by atoms with Gasteiger partial charge in [-0.3, -0.25) is 0 Å². The molecule has 0 bridgehead atoms. The molecule has 7 heteroatoms. The number of quaternary nitrogens is 3. The summed E-state index contributed by atoms with van der Waals surface area (Å²) in [6, 6.07) is 0.177. The van der Waals surface area contributed by atoms with Gasteiger partial charge in [-0.1, -0.05) is 0 Å². The molecule has 0 aliphatic rings. The van der Waals surface area contributed by atoms with Gasteiger partial charge in [0.25, 0.3) is 0 Å². The first kappa shape index (κ1) is 23.0. The van der Waals surface area contributed by atoms with E-state index in [2.05, 4.69) is 16.8 Å². The summed E-state index contributed by atoms with van der Waals surface area (Å²) < 4.78 is 0. The van der Waals surface area contributed by atoms with Crippen LogP contribution >= 0.6 is 0 Å².